The van der Waals surface area contributed by atoms with Gasteiger partial charge in [0, 0.05) is 29.9 Å². The van der Waals surface area contributed by atoms with Crippen molar-refractivity contribution in [2.75, 3.05) is 22.6 Å². The van der Waals surface area contributed by atoms with E-state index in [2.05, 4.69) is 36.1 Å². The van der Waals surface area contributed by atoms with Crippen LogP contribution >= 0.6 is 0 Å². The van der Waals surface area contributed by atoms with Crippen LogP contribution < -0.4 is 16.1 Å². The van der Waals surface area contributed by atoms with Crippen LogP contribution in [0.15, 0.2) is 65.8 Å². The lowest BCUT2D eigenvalue weighted by Gasteiger charge is -2.09. The predicted octanol–water partition coefficient (Wildman–Crippen LogP) is 4.26. The first-order valence-corrected chi connectivity index (χ1v) is 10.0. The Morgan fingerprint density at radius 3 is 2.48 bits per heavy atom. The van der Waals surface area contributed by atoms with Crippen LogP contribution in [0.4, 0.5) is 29.2 Å². The van der Waals surface area contributed by atoms with Gasteiger partial charge in [-0.3, -0.25) is 10.1 Å². The summed E-state index contributed by atoms with van der Waals surface area (Å²) in [5.74, 6) is 0.813. The molecule has 0 fully saturated rings. The molecule has 1 aromatic heterocycles. The van der Waals surface area contributed by atoms with Crippen molar-refractivity contribution in [2.24, 2.45) is 5.10 Å². The van der Waals surface area contributed by atoms with Crippen molar-refractivity contribution < 1.29 is 10.0 Å². The van der Waals surface area contributed by atoms with E-state index in [0.29, 0.717) is 23.7 Å². The molecule has 166 valence electrons. The molecular weight excluding hydrogens is 424 g/mol. The molecule has 0 aliphatic heterocycles. The van der Waals surface area contributed by atoms with Crippen molar-refractivity contribution in [1.29, 1.82) is 0 Å². The summed E-state index contributed by atoms with van der Waals surface area (Å²) < 4.78 is 0. The summed E-state index contributed by atoms with van der Waals surface area (Å²) in [5.41, 5.74) is 3.88. The molecule has 0 saturated carbocycles. The maximum atomic E-state index is 10.8. The quantitative estimate of drug-likeness (QED) is 0.177. The molecular formula is C22H20N8O3. The van der Waals surface area contributed by atoms with Gasteiger partial charge in [-0.25, -0.2) is 5.43 Å². The Kier molecular flexibility index (Phi) is 6.21. The average Bonchev–Trinajstić information content (AvgIpc) is 2.81. The van der Waals surface area contributed by atoms with Gasteiger partial charge in [0.2, 0.25) is 17.8 Å². The third-order valence-corrected chi connectivity index (χ3v) is 4.61. The maximum absolute atomic E-state index is 10.8. The largest absolute Gasteiger partial charge is 0.507 e. The predicted molar refractivity (Wildman–Crippen MR) is 127 cm³/mol. The number of benzene rings is 3. The zero-order valence-corrected chi connectivity index (χ0v) is 17.6. The first-order valence-electron chi connectivity index (χ1n) is 10.0. The highest BCUT2D eigenvalue weighted by molar-refractivity contribution is 6.02. The first kappa shape index (κ1) is 21.4. The first-order chi connectivity index (χ1) is 16.0. The molecule has 4 aromatic rings. The normalized spacial score (nSPS) is 10.9. The lowest BCUT2D eigenvalue weighted by atomic mass is 10.0. The molecule has 11 heteroatoms. The molecule has 0 amide bonds. The Morgan fingerprint density at radius 1 is 1.00 bits per heavy atom. The third-order valence-electron chi connectivity index (χ3n) is 4.61. The number of hydrazone groups is 1. The molecule has 0 radical (unpaired) electrons. The minimum absolute atomic E-state index is 0.0158. The number of non-ortho nitro benzene ring substituents is 1. The van der Waals surface area contributed by atoms with Crippen LogP contribution in [0.5, 0.6) is 5.75 Å². The monoisotopic (exact) mass is 444 g/mol. The number of fused-ring (bicyclic) bond motifs is 1. The smallest absolute Gasteiger partial charge is 0.269 e. The number of aromatic hydroxyl groups is 1. The minimum Gasteiger partial charge on any atom is -0.507 e. The molecule has 11 nitrogen and oxygen atoms in total. The Bertz CT molecular complexity index is 1330. The van der Waals surface area contributed by atoms with Gasteiger partial charge in [-0.1, -0.05) is 30.3 Å². The highest BCUT2D eigenvalue weighted by atomic mass is 16.6. The van der Waals surface area contributed by atoms with Crippen molar-refractivity contribution in [3.05, 3.63) is 76.3 Å². The molecule has 4 rings (SSSR count). The number of nitro groups is 1. The fraction of sp³-hybridized carbons (Fsp3) is 0.0909. The van der Waals surface area contributed by atoms with Crippen molar-refractivity contribution in [3.8, 4) is 5.75 Å². The Hall–Kier alpha value is -4.80. The van der Waals surface area contributed by atoms with E-state index in [0.717, 1.165) is 10.8 Å². The van der Waals surface area contributed by atoms with Crippen LogP contribution in [0, 0.1) is 10.1 Å². The van der Waals surface area contributed by atoms with Gasteiger partial charge in [0.25, 0.3) is 5.69 Å². The second-order valence-electron chi connectivity index (χ2n) is 6.86. The number of nitrogens with zero attached hydrogens (tertiary/aromatic N) is 5. The van der Waals surface area contributed by atoms with Gasteiger partial charge in [-0.2, -0.15) is 20.1 Å². The summed E-state index contributed by atoms with van der Waals surface area (Å²) in [7, 11) is 0. The van der Waals surface area contributed by atoms with Gasteiger partial charge in [0.1, 0.15) is 5.75 Å². The fourth-order valence-electron chi connectivity index (χ4n) is 3.09. The highest BCUT2D eigenvalue weighted by Gasteiger charge is 2.09. The molecule has 1 heterocycles. The van der Waals surface area contributed by atoms with E-state index in [9.17, 15) is 15.2 Å². The molecule has 33 heavy (non-hydrogen) atoms. The second kappa shape index (κ2) is 9.56. The van der Waals surface area contributed by atoms with Gasteiger partial charge < -0.3 is 15.7 Å². The molecule has 0 aliphatic carbocycles. The van der Waals surface area contributed by atoms with Crippen LogP contribution in [-0.4, -0.2) is 37.7 Å². The molecule has 0 aliphatic rings. The topological polar surface area (TPSA) is 150 Å². The van der Waals surface area contributed by atoms with E-state index in [4.69, 9.17) is 0 Å². The van der Waals surface area contributed by atoms with Gasteiger partial charge in [0.15, 0.2) is 0 Å². The molecule has 0 unspecified atom stereocenters. The van der Waals surface area contributed by atoms with Gasteiger partial charge in [0.05, 0.1) is 11.1 Å². The van der Waals surface area contributed by atoms with Gasteiger partial charge >= 0.3 is 0 Å². The SMILES string of the molecule is CCNc1nc(NN=Cc2c(O)ccc3ccccc23)nc(Nc2ccc([N+](=O)[O-])cc2)n1. The average molecular weight is 444 g/mol. The number of hydrogen-bond acceptors (Lipinski definition) is 10. The molecule has 0 atom stereocenters. The van der Waals surface area contributed by atoms with Crippen LogP contribution in [0.25, 0.3) is 10.8 Å². The second-order valence-corrected chi connectivity index (χ2v) is 6.86. The van der Waals surface area contributed by atoms with Crippen molar-refractivity contribution >= 4 is 46.2 Å². The van der Waals surface area contributed by atoms with Crippen LogP contribution in [0.2, 0.25) is 0 Å². The van der Waals surface area contributed by atoms with Crippen LogP contribution in [0.1, 0.15) is 12.5 Å². The number of phenols is 1. The van der Waals surface area contributed by atoms with E-state index in [-0.39, 0.29) is 23.3 Å². The van der Waals surface area contributed by atoms with E-state index in [1.165, 1.54) is 18.3 Å². The summed E-state index contributed by atoms with van der Waals surface area (Å²) in [6.07, 6.45) is 1.50. The lowest BCUT2D eigenvalue weighted by molar-refractivity contribution is -0.384. The van der Waals surface area contributed by atoms with E-state index in [1.807, 2.05) is 37.3 Å². The summed E-state index contributed by atoms with van der Waals surface area (Å²) in [6.45, 7) is 2.50. The number of anilines is 4. The number of nitro benzene ring substituents is 1. The van der Waals surface area contributed by atoms with Crippen molar-refractivity contribution in [2.45, 2.75) is 6.92 Å². The molecule has 4 N–H and O–H groups in total. The third kappa shape index (κ3) is 5.10. The van der Waals surface area contributed by atoms with Crippen molar-refractivity contribution in [1.82, 2.24) is 15.0 Å². The van der Waals surface area contributed by atoms with E-state index < -0.39 is 4.92 Å². The lowest BCUT2D eigenvalue weighted by Crippen LogP contribution is -2.09. The van der Waals surface area contributed by atoms with E-state index in [1.54, 1.807) is 18.2 Å². The van der Waals surface area contributed by atoms with E-state index >= 15 is 0 Å². The van der Waals surface area contributed by atoms with Gasteiger partial charge in [-0.15, -0.1) is 0 Å². The molecule has 0 saturated heterocycles. The minimum atomic E-state index is -0.468. The summed E-state index contributed by atoms with van der Waals surface area (Å²) >= 11 is 0. The zero-order valence-electron chi connectivity index (χ0n) is 17.6. The Morgan fingerprint density at radius 2 is 1.73 bits per heavy atom. The standard InChI is InChI=1S/C22H20N8O3/c1-2-23-20-26-21(25-15-8-10-16(11-9-15)30(32)33)28-22(27-20)29-24-13-18-17-6-4-3-5-14(17)7-12-19(18)31/h3-13,31H,2H2,1H3,(H3,23,25,26,27,28,29). The highest BCUT2D eigenvalue weighted by Crippen LogP contribution is 2.25. The number of hydrogen-bond donors (Lipinski definition) is 4. The number of nitrogens with one attached hydrogen (secondary N) is 3. The number of phenolic OH excluding ortho intramolecular Hbond substituents is 1. The fourth-order valence-corrected chi connectivity index (χ4v) is 3.09. The molecule has 0 spiro atoms. The summed E-state index contributed by atoms with van der Waals surface area (Å²) in [4.78, 5) is 23.2. The Labute approximate surface area is 188 Å². The number of aromatic nitrogens is 3. The molecule has 0 bridgehead atoms. The van der Waals surface area contributed by atoms with Crippen LogP contribution in [0.3, 0.4) is 0 Å². The van der Waals surface area contributed by atoms with Crippen LogP contribution in [-0.2, 0) is 0 Å². The van der Waals surface area contributed by atoms with Crippen molar-refractivity contribution in [3.63, 3.8) is 0 Å². The maximum Gasteiger partial charge on any atom is 0.269 e. The summed E-state index contributed by atoms with van der Waals surface area (Å²) in [5, 5.41) is 33.1. The number of rotatable bonds is 8. The summed E-state index contributed by atoms with van der Waals surface area (Å²) in [6, 6.07) is 17.0. The zero-order chi connectivity index (χ0) is 23.2. The molecule has 3 aromatic carbocycles. The Balaban J connectivity index is 1.57. The van der Waals surface area contributed by atoms with Gasteiger partial charge in [-0.05, 0) is 35.9 Å².